The molecule has 25 heavy (non-hydrogen) atoms. The second-order valence-corrected chi connectivity index (χ2v) is 6.94. The summed E-state index contributed by atoms with van der Waals surface area (Å²) < 4.78 is 10.6. The van der Waals surface area contributed by atoms with Gasteiger partial charge in [0.2, 0.25) is 0 Å². The number of ether oxygens (including phenoxy) is 1. The summed E-state index contributed by atoms with van der Waals surface area (Å²) in [7, 11) is 0. The monoisotopic (exact) mass is 385 g/mol. The van der Waals surface area contributed by atoms with Crippen molar-refractivity contribution in [1.82, 2.24) is 5.32 Å². The Morgan fingerprint density at radius 3 is 2.88 bits per heavy atom. The number of nitrogens with one attached hydrogen (secondary N) is 1. The minimum atomic E-state index is -0.462. The van der Waals surface area contributed by atoms with E-state index in [0.29, 0.717) is 22.4 Å². The van der Waals surface area contributed by atoms with Crippen LogP contribution in [0.3, 0.4) is 0 Å². The Hall–Kier alpha value is -1.70. The van der Waals surface area contributed by atoms with Crippen LogP contribution in [0.4, 0.5) is 0 Å². The normalized spacial score (nSPS) is 12.2. The highest BCUT2D eigenvalue weighted by Crippen LogP contribution is 2.30. The Morgan fingerprint density at radius 2 is 2.20 bits per heavy atom. The fourth-order valence-electron chi connectivity index (χ4n) is 2.31. The van der Waals surface area contributed by atoms with E-state index in [4.69, 9.17) is 20.8 Å². The average molecular weight is 386 g/mol. The molecule has 1 heterocycles. The van der Waals surface area contributed by atoms with E-state index in [1.165, 1.54) is 12.1 Å². The molecule has 1 amide bonds. The molecule has 1 aromatic heterocycles. The lowest BCUT2D eigenvalue weighted by molar-refractivity contribution is -0.124. The van der Waals surface area contributed by atoms with E-state index in [9.17, 15) is 14.7 Å². The van der Waals surface area contributed by atoms with Gasteiger partial charge in [-0.1, -0.05) is 11.6 Å². The molecule has 6 nitrogen and oxygen atoms in total. The van der Waals surface area contributed by atoms with Crippen LogP contribution in [0.15, 0.2) is 27.4 Å². The van der Waals surface area contributed by atoms with E-state index in [-0.39, 0.29) is 30.9 Å². The molecule has 0 saturated carbocycles. The molecule has 0 aliphatic rings. The summed E-state index contributed by atoms with van der Waals surface area (Å²) in [6.45, 7) is 1.40. The molecule has 0 spiro atoms. The van der Waals surface area contributed by atoms with Crippen LogP contribution >= 0.6 is 23.4 Å². The molecule has 0 saturated heterocycles. The number of hydrogen-bond acceptors (Lipinski definition) is 6. The van der Waals surface area contributed by atoms with Crippen molar-refractivity contribution in [3.05, 3.63) is 39.2 Å². The zero-order chi connectivity index (χ0) is 18.4. The number of carbonyl (C=O) groups is 1. The van der Waals surface area contributed by atoms with Crippen molar-refractivity contribution in [2.45, 2.75) is 19.4 Å². The van der Waals surface area contributed by atoms with Crippen LogP contribution in [-0.4, -0.2) is 42.3 Å². The molecule has 1 aromatic carbocycles. The smallest absolute Gasteiger partial charge is 0.336 e. The summed E-state index contributed by atoms with van der Waals surface area (Å²) >= 11 is 7.82. The quantitative estimate of drug-likeness (QED) is 0.678. The van der Waals surface area contributed by atoms with Gasteiger partial charge in [0.05, 0.1) is 17.7 Å². The first-order chi connectivity index (χ1) is 11.9. The highest BCUT2D eigenvalue weighted by atomic mass is 35.5. The third kappa shape index (κ3) is 5.39. The molecule has 0 radical (unpaired) electrons. The van der Waals surface area contributed by atoms with Gasteiger partial charge in [-0.05, 0) is 37.0 Å². The average Bonchev–Trinajstić information content (AvgIpc) is 2.57. The van der Waals surface area contributed by atoms with Crippen molar-refractivity contribution in [1.29, 1.82) is 0 Å². The van der Waals surface area contributed by atoms with Crippen LogP contribution in [0.2, 0.25) is 5.02 Å². The second-order valence-electron chi connectivity index (χ2n) is 5.54. The zero-order valence-corrected chi connectivity index (χ0v) is 15.6. The molecular formula is C17H20ClNO5S. The minimum absolute atomic E-state index is 0.131. The number of benzene rings is 1. The minimum Gasteiger partial charge on any atom is -0.482 e. The van der Waals surface area contributed by atoms with Crippen molar-refractivity contribution in [2.75, 3.05) is 25.2 Å². The Balaban J connectivity index is 2.06. The third-order valence-electron chi connectivity index (χ3n) is 3.62. The van der Waals surface area contributed by atoms with Gasteiger partial charge in [0, 0.05) is 17.5 Å². The molecule has 1 unspecified atom stereocenters. The first kappa shape index (κ1) is 19.6. The molecule has 0 aliphatic carbocycles. The van der Waals surface area contributed by atoms with Gasteiger partial charge in [0.25, 0.3) is 5.91 Å². The van der Waals surface area contributed by atoms with Gasteiger partial charge in [-0.3, -0.25) is 4.79 Å². The lowest BCUT2D eigenvalue weighted by Gasteiger charge is -2.16. The van der Waals surface area contributed by atoms with Gasteiger partial charge in [-0.15, -0.1) is 0 Å². The second kappa shape index (κ2) is 9.12. The third-order valence-corrected chi connectivity index (χ3v) is 4.56. The fourth-order valence-corrected chi connectivity index (χ4v) is 3.05. The molecular weight excluding hydrogens is 366 g/mol. The SMILES string of the molecule is CSCCC(CO)NC(=O)COc1cc2oc(=O)cc(C)c2cc1Cl. The molecule has 0 aliphatic heterocycles. The van der Waals surface area contributed by atoms with E-state index < -0.39 is 5.63 Å². The van der Waals surface area contributed by atoms with Gasteiger partial charge in [0.15, 0.2) is 6.61 Å². The molecule has 0 bridgehead atoms. The number of hydrogen-bond donors (Lipinski definition) is 2. The highest BCUT2D eigenvalue weighted by Gasteiger charge is 2.14. The van der Waals surface area contributed by atoms with Crippen LogP contribution in [0.5, 0.6) is 5.75 Å². The van der Waals surface area contributed by atoms with E-state index >= 15 is 0 Å². The summed E-state index contributed by atoms with van der Waals surface area (Å²) in [6, 6.07) is 4.21. The Labute approximate surface area is 154 Å². The number of rotatable bonds is 8. The van der Waals surface area contributed by atoms with Crippen LogP contribution in [0.1, 0.15) is 12.0 Å². The van der Waals surface area contributed by atoms with Crippen molar-refractivity contribution >= 4 is 40.2 Å². The first-order valence-corrected chi connectivity index (χ1v) is 9.47. The number of amides is 1. The Morgan fingerprint density at radius 1 is 1.44 bits per heavy atom. The molecule has 0 fully saturated rings. The summed E-state index contributed by atoms with van der Waals surface area (Å²) in [5, 5.41) is 13.0. The summed E-state index contributed by atoms with van der Waals surface area (Å²) in [5.74, 6) is 0.728. The molecule has 1 atom stereocenters. The van der Waals surface area contributed by atoms with Crippen LogP contribution in [0, 0.1) is 6.92 Å². The molecule has 136 valence electrons. The number of thioether (sulfide) groups is 1. The molecule has 2 aromatic rings. The van der Waals surface area contributed by atoms with E-state index in [1.54, 1.807) is 24.8 Å². The van der Waals surface area contributed by atoms with E-state index in [2.05, 4.69) is 5.32 Å². The van der Waals surface area contributed by atoms with E-state index in [0.717, 1.165) is 11.3 Å². The van der Waals surface area contributed by atoms with Crippen molar-refractivity contribution in [3.8, 4) is 5.75 Å². The molecule has 8 heteroatoms. The number of aryl methyl sites for hydroxylation is 1. The molecule has 2 N–H and O–H groups in total. The van der Waals surface area contributed by atoms with Crippen molar-refractivity contribution in [2.24, 2.45) is 0 Å². The van der Waals surface area contributed by atoms with Crippen LogP contribution < -0.4 is 15.7 Å². The number of fused-ring (bicyclic) bond motifs is 1. The lowest BCUT2D eigenvalue weighted by atomic mass is 10.1. The van der Waals surface area contributed by atoms with Crippen molar-refractivity contribution < 1.29 is 19.1 Å². The van der Waals surface area contributed by atoms with Crippen molar-refractivity contribution in [3.63, 3.8) is 0 Å². The predicted molar refractivity (Wildman–Crippen MR) is 99.7 cm³/mol. The van der Waals surface area contributed by atoms with Crippen LogP contribution in [0.25, 0.3) is 11.0 Å². The van der Waals surface area contributed by atoms with Crippen LogP contribution in [-0.2, 0) is 4.79 Å². The highest BCUT2D eigenvalue weighted by molar-refractivity contribution is 7.98. The summed E-state index contributed by atoms with van der Waals surface area (Å²) in [5.41, 5.74) is 0.630. The summed E-state index contributed by atoms with van der Waals surface area (Å²) in [4.78, 5) is 23.4. The maximum atomic E-state index is 12.0. The van der Waals surface area contributed by atoms with E-state index in [1.807, 2.05) is 6.26 Å². The van der Waals surface area contributed by atoms with Gasteiger partial charge in [-0.25, -0.2) is 4.79 Å². The van der Waals surface area contributed by atoms with Gasteiger partial charge >= 0.3 is 5.63 Å². The predicted octanol–water partition coefficient (Wildman–Crippen LogP) is 2.36. The maximum absolute atomic E-state index is 12.0. The number of aliphatic hydroxyl groups excluding tert-OH is 1. The number of aliphatic hydroxyl groups is 1. The maximum Gasteiger partial charge on any atom is 0.336 e. The Kier molecular flexibility index (Phi) is 7.16. The van der Waals surface area contributed by atoms with Gasteiger partial charge in [-0.2, -0.15) is 11.8 Å². The number of halogens is 1. The summed E-state index contributed by atoms with van der Waals surface area (Å²) in [6.07, 6.45) is 2.63. The van der Waals surface area contributed by atoms with Gasteiger partial charge in [0.1, 0.15) is 11.3 Å². The Bertz CT molecular complexity index is 807. The fraction of sp³-hybridized carbons (Fsp3) is 0.412. The number of carbonyl (C=O) groups excluding carboxylic acids is 1. The first-order valence-electron chi connectivity index (χ1n) is 7.70. The standard InChI is InChI=1S/C17H20ClNO5S/c1-10-5-17(22)24-14-7-15(13(18)6-12(10)14)23-9-16(21)19-11(8-20)3-4-25-2/h5-7,11,20H,3-4,8-9H2,1-2H3,(H,19,21). The zero-order valence-electron chi connectivity index (χ0n) is 14.0. The topological polar surface area (TPSA) is 88.8 Å². The molecule has 2 rings (SSSR count). The largest absolute Gasteiger partial charge is 0.482 e. The van der Waals surface area contributed by atoms with Gasteiger partial charge < -0.3 is 19.6 Å². The lowest BCUT2D eigenvalue weighted by Crippen LogP contribution is -2.40.